The number of hydrogen-bond acceptors (Lipinski definition) is 3. The first kappa shape index (κ1) is 14.5. The zero-order valence-electron chi connectivity index (χ0n) is 11.4. The minimum Gasteiger partial charge on any atom is -0.398 e. The van der Waals surface area contributed by atoms with Crippen molar-refractivity contribution in [3.8, 4) is 0 Å². The number of hydrogen-bond donors (Lipinski definition) is 2. The van der Waals surface area contributed by atoms with Gasteiger partial charge in [-0.3, -0.25) is 4.79 Å². The summed E-state index contributed by atoms with van der Waals surface area (Å²) in [5.74, 6) is 0.389. The minimum absolute atomic E-state index is 0.0137. The summed E-state index contributed by atoms with van der Waals surface area (Å²) in [7, 11) is 0. The fourth-order valence-electron chi connectivity index (χ4n) is 1.77. The molecule has 3 N–H and O–H groups in total. The van der Waals surface area contributed by atoms with Crippen LogP contribution in [-0.2, 0) is 11.3 Å². The molecule has 0 saturated carbocycles. The summed E-state index contributed by atoms with van der Waals surface area (Å²) in [6, 6.07) is 15.7. The number of amides is 1. The van der Waals surface area contributed by atoms with Crippen LogP contribution in [0.15, 0.2) is 53.4 Å². The molecule has 2 aromatic carbocycles. The van der Waals surface area contributed by atoms with Gasteiger partial charge in [-0.2, -0.15) is 0 Å². The van der Waals surface area contributed by atoms with E-state index in [0.717, 1.165) is 21.7 Å². The van der Waals surface area contributed by atoms with Gasteiger partial charge in [-0.05, 0) is 24.1 Å². The van der Waals surface area contributed by atoms with Crippen LogP contribution in [-0.4, -0.2) is 11.7 Å². The summed E-state index contributed by atoms with van der Waals surface area (Å²) >= 11 is 1.47. The Labute approximate surface area is 123 Å². The van der Waals surface area contributed by atoms with Gasteiger partial charge < -0.3 is 11.1 Å². The first-order chi connectivity index (χ1) is 9.66. The Morgan fingerprint density at radius 2 is 1.90 bits per heavy atom. The zero-order valence-corrected chi connectivity index (χ0v) is 12.2. The van der Waals surface area contributed by atoms with Crippen LogP contribution in [0.5, 0.6) is 0 Å². The van der Waals surface area contributed by atoms with E-state index in [4.69, 9.17) is 5.73 Å². The van der Waals surface area contributed by atoms with E-state index in [1.165, 1.54) is 11.8 Å². The lowest BCUT2D eigenvalue weighted by Gasteiger charge is -2.08. The number of nitrogens with one attached hydrogen (secondary N) is 1. The average molecular weight is 286 g/mol. The van der Waals surface area contributed by atoms with Crippen LogP contribution in [0.25, 0.3) is 0 Å². The second kappa shape index (κ2) is 7.01. The lowest BCUT2D eigenvalue weighted by atomic mass is 10.2. The Morgan fingerprint density at radius 3 is 2.65 bits per heavy atom. The van der Waals surface area contributed by atoms with Crippen molar-refractivity contribution in [3.63, 3.8) is 0 Å². The summed E-state index contributed by atoms with van der Waals surface area (Å²) < 4.78 is 0. The van der Waals surface area contributed by atoms with Crippen LogP contribution < -0.4 is 11.1 Å². The molecule has 4 heteroatoms. The van der Waals surface area contributed by atoms with E-state index >= 15 is 0 Å². The largest absolute Gasteiger partial charge is 0.398 e. The highest BCUT2D eigenvalue weighted by Gasteiger charge is 2.06. The van der Waals surface area contributed by atoms with Gasteiger partial charge in [0.05, 0.1) is 5.75 Å². The molecular weight excluding hydrogens is 268 g/mol. The molecule has 0 aliphatic carbocycles. The van der Waals surface area contributed by atoms with E-state index in [1.54, 1.807) is 0 Å². The molecule has 104 valence electrons. The number of carbonyl (C=O) groups excluding carboxylic acids is 1. The van der Waals surface area contributed by atoms with E-state index in [2.05, 4.69) is 5.32 Å². The average Bonchev–Trinajstić information content (AvgIpc) is 2.48. The van der Waals surface area contributed by atoms with Crippen molar-refractivity contribution in [2.45, 2.75) is 18.4 Å². The normalized spacial score (nSPS) is 10.2. The van der Waals surface area contributed by atoms with Crippen molar-refractivity contribution < 1.29 is 4.79 Å². The molecule has 0 radical (unpaired) electrons. The highest BCUT2D eigenvalue weighted by Crippen LogP contribution is 2.27. The van der Waals surface area contributed by atoms with Gasteiger partial charge in [-0.1, -0.05) is 42.5 Å². The molecular formula is C16H18N2OS. The summed E-state index contributed by atoms with van der Waals surface area (Å²) in [6.45, 7) is 2.53. The van der Waals surface area contributed by atoms with Crippen molar-refractivity contribution in [3.05, 3.63) is 59.7 Å². The van der Waals surface area contributed by atoms with Crippen LogP contribution in [0.3, 0.4) is 0 Å². The molecule has 0 aromatic heterocycles. The quantitative estimate of drug-likeness (QED) is 0.656. The number of thioether (sulfide) groups is 1. The van der Waals surface area contributed by atoms with E-state index < -0.39 is 0 Å². The predicted molar refractivity (Wildman–Crippen MR) is 84.6 cm³/mol. The Hall–Kier alpha value is -1.94. The van der Waals surface area contributed by atoms with Crippen molar-refractivity contribution in [2.75, 3.05) is 11.5 Å². The zero-order chi connectivity index (χ0) is 14.4. The molecule has 0 saturated heterocycles. The number of aryl methyl sites for hydroxylation is 1. The Morgan fingerprint density at radius 1 is 1.15 bits per heavy atom. The number of benzene rings is 2. The van der Waals surface area contributed by atoms with E-state index in [1.807, 2.05) is 55.5 Å². The standard InChI is InChI=1S/C16H18N2OS/c1-12-6-5-9-14(16(12)17)20-11-15(19)18-10-13-7-3-2-4-8-13/h2-9H,10-11,17H2,1H3,(H,18,19). The van der Waals surface area contributed by atoms with Crippen molar-refractivity contribution in [1.29, 1.82) is 0 Å². The number of anilines is 1. The number of rotatable bonds is 5. The van der Waals surface area contributed by atoms with Crippen LogP contribution in [0.2, 0.25) is 0 Å². The second-order valence-electron chi connectivity index (χ2n) is 4.54. The van der Waals surface area contributed by atoms with Gasteiger partial charge >= 0.3 is 0 Å². The number of carbonyl (C=O) groups is 1. The third-order valence-corrected chi connectivity index (χ3v) is 4.05. The summed E-state index contributed by atoms with van der Waals surface area (Å²) in [5, 5.41) is 2.90. The lowest BCUT2D eigenvalue weighted by Crippen LogP contribution is -2.24. The van der Waals surface area contributed by atoms with Crippen molar-refractivity contribution in [1.82, 2.24) is 5.32 Å². The number of para-hydroxylation sites is 1. The van der Waals surface area contributed by atoms with Crippen LogP contribution in [0.1, 0.15) is 11.1 Å². The Kier molecular flexibility index (Phi) is 5.07. The maximum Gasteiger partial charge on any atom is 0.230 e. The third kappa shape index (κ3) is 4.03. The van der Waals surface area contributed by atoms with Gasteiger partial charge in [-0.15, -0.1) is 11.8 Å². The third-order valence-electron chi connectivity index (χ3n) is 2.98. The fraction of sp³-hybridized carbons (Fsp3) is 0.188. The van der Waals surface area contributed by atoms with Gasteiger partial charge in [-0.25, -0.2) is 0 Å². The lowest BCUT2D eigenvalue weighted by molar-refractivity contribution is -0.118. The van der Waals surface area contributed by atoms with Crippen molar-refractivity contribution in [2.24, 2.45) is 0 Å². The van der Waals surface area contributed by atoms with Gasteiger partial charge in [0, 0.05) is 17.1 Å². The summed E-state index contributed by atoms with van der Waals surface area (Å²) in [6.07, 6.45) is 0. The highest BCUT2D eigenvalue weighted by molar-refractivity contribution is 8.00. The molecule has 3 nitrogen and oxygen atoms in total. The summed E-state index contributed by atoms with van der Waals surface area (Å²) in [4.78, 5) is 12.8. The maximum absolute atomic E-state index is 11.8. The van der Waals surface area contributed by atoms with E-state index in [0.29, 0.717) is 12.3 Å². The van der Waals surface area contributed by atoms with Gasteiger partial charge in [0.1, 0.15) is 0 Å². The molecule has 0 unspecified atom stereocenters. The first-order valence-corrected chi connectivity index (χ1v) is 7.44. The molecule has 2 rings (SSSR count). The Bertz CT molecular complexity index is 584. The molecule has 0 aliphatic rings. The smallest absolute Gasteiger partial charge is 0.230 e. The molecule has 1 amide bonds. The fourth-order valence-corrected chi connectivity index (χ4v) is 2.65. The molecule has 0 spiro atoms. The molecule has 0 fully saturated rings. The van der Waals surface area contributed by atoms with Gasteiger partial charge in [0.2, 0.25) is 5.91 Å². The molecule has 0 heterocycles. The Balaban J connectivity index is 1.82. The maximum atomic E-state index is 11.8. The molecule has 0 atom stereocenters. The van der Waals surface area contributed by atoms with E-state index in [-0.39, 0.29) is 5.91 Å². The minimum atomic E-state index is 0.0137. The molecule has 0 bridgehead atoms. The number of nitrogen functional groups attached to an aromatic ring is 1. The van der Waals surface area contributed by atoms with Gasteiger partial charge in [0.15, 0.2) is 0 Å². The van der Waals surface area contributed by atoms with Crippen LogP contribution in [0, 0.1) is 6.92 Å². The second-order valence-corrected chi connectivity index (χ2v) is 5.55. The first-order valence-electron chi connectivity index (χ1n) is 6.45. The predicted octanol–water partition coefficient (Wildman–Crippen LogP) is 2.99. The monoisotopic (exact) mass is 286 g/mol. The van der Waals surface area contributed by atoms with Crippen LogP contribution >= 0.6 is 11.8 Å². The SMILES string of the molecule is Cc1cccc(SCC(=O)NCc2ccccc2)c1N. The van der Waals surface area contributed by atoms with Crippen molar-refractivity contribution >= 4 is 23.4 Å². The van der Waals surface area contributed by atoms with E-state index in [9.17, 15) is 4.79 Å². The highest BCUT2D eigenvalue weighted by atomic mass is 32.2. The number of nitrogens with two attached hydrogens (primary N) is 1. The molecule has 0 aliphatic heterocycles. The van der Waals surface area contributed by atoms with Gasteiger partial charge in [0.25, 0.3) is 0 Å². The topological polar surface area (TPSA) is 55.1 Å². The van der Waals surface area contributed by atoms with Crippen LogP contribution in [0.4, 0.5) is 5.69 Å². The molecule has 20 heavy (non-hydrogen) atoms. The molecule has 2 aromatic rings. The summed E-state index contributed by atoms with van der Waals surface area (Å²) in [5.41, 5.74) is 8.88.